The molecule has 0 spiro atoms. The summed E-state index contributed by atoms with van der Waals surface area (Å²) < 4.78 is 18.2. The van der Waals surface area contributed by atoms with E-state index in [1.165, 1.54) is 11.3 Å². The third kappa shape index (κ3) is 2.83. The van der Waals surface area contributed by atoms with Crippen molar-refractivity contribution in [3.8, 4) is 28.0 Å². The first-order valence-electron chi connectivity index (χ1n) is 8.93. The minimum atomic E-state index is 0.230. The number of hydrogen-bond donors (Lipinski definition) is 0. The van der Waals surface area contributed by atoms with E-state index in [2.05, 4.69) is 15.3 Å². The fourth-order valence-electron chi connectivity index (χ4n) is 3.15. The number of ether oxygens (including phenoxy) is 3. The van der Waals surface area contributed by atoms with Gasteiger partial charge in [0.1, 0.15) is 18.1 Å². The van der Waals surface area contributed by atoms with Crippen LogP contribution >= 0.6 is 11.3 Å². The lowest BCUT2D eigenvalue weighted by atomic mass is 10.2. The zero-order valence-corrected chi connectivity index (χ0v) is 15.8. The summed E-state index contributed by atoms with van der Waals surface area (Å²) in [6.07, 6.45) is 0. The van der Waals surface area contributed by atoms with E-state index in [1.807, 2.05) is 48.5 Å². The van der Waals surface area contributed by atoms with Gasteiger partial charge in [-0.3, -0.25) is 0 Å². The van der Waals surface area contributed by atoms with Gasteiger partial charge in [-0.05, 0) is 24.3 Å². The van der Waals surface area contributed by atoms with Crippen molar-refractivity contribution >= 4 is 27.2 Å². The van der Waals surface area contributed by atoms with Crippen LogP contribution in [-0.2, 0) is 6.61 Å². The molecule has 0 saturated carbocycles. The Morgan fingerprint density at radius 3 is 2.93 bits per heavy atom. The van der Waals surface area contributed by atoms with Gasteiger partial charge in [0.25, 0.3) is 0 Å². The van der Waals surface area contributed by atoms with Gasteiger partial charge in [0.2, 0.25) is 11.8 Å². The highest BCUT2D eigenvalue weighted by Gasteiger charge is 2.16. The number of benzene rings is 2. The Hall–Kier alpha value is -3.72. The third-order valence-electron chi connectivity index (χ3n) is 4.58. The largest absolute Gasteiger partial charge is 0.485 e. The first kappa shape index (κ1) is 16.3. The molecule has 0 N–H and O–H groups in total. The lowest BCUT2D eigenvalue weighted by Crippen LogP contribution is -2.02. The van der Waals surface area contributed by atoms with Gasteiger partial charge < -0.3 is 14.2 Å². The molecule has 142 valence electrons. The SMILES string of the molecule is c1ccc2nc(-c3nn4c(COc5ccc6c(c5)OCO6)nnc4s3)ccc2c1. The average Bonchev–Trinajstić information content (AvgIpc) is 3.47. The maximum atomic E-state index is 5.85. The van der Waals surface area contributed by atoms with E-state index in [0.29, 0.717) is 28.0 Å². The number of pyridine rings is 1. The molecule has 29 heavy (non-hydrogen) atoms. The van der Waals surface area contributed by atoms with Crippen molar-refractivity contribution in [3.63, 3.8) is 0 Å². The zero-order chi connectivity index (χ0) is 19.2. The summed E-state index contributed by atoms with van der Waals surface area (Å²) in [6, 6.07) is 17.5. The molecular formula is C20H13N5O3S. The highest BCUT2D eigenvalue weighted by atomic mass is 32.1. The van der Waals surface area contributed by atoms with E-state index in [0.717, 1.165) is 21.6 Å². The molecule has 0 amide bonds. The summed E-state index contributed by atoms with van der Waals surface area (Å²) in [5.41, 5.74) is 1.74. The molecule has 6 rings (SSSR count). The van der Waals surface area contributed by atoms with Crippen LogP contribution in [0.4, 0.5) is 0 Å². The number of fused-ring (bicyclic) bond motifs is 3. The van der Waals surface area contributed by atoms with Crippen molar-refractivity contribution in [2.24, 2.45) is 0 Å². The standard InChI is InChI=1S/C20H13N5O3S/c1-2-4-14-12(3-1)5-7-15(21-14)19-24-25-18(22-23-20(25)29-19)10-26-13-6-8-16-17(9-13)28-11-27-16/h1-9H,10-11H2. The number of hydrogen-bond acceptors (Lipinski definition) is 8. The number of aromatic nitrogens is 5. The van der Waals surface area contributed by atoms with Crippen LogP contribution in [-0.4, -0.2) is 31.6 Å². The zero-order valence-electron chi connectivity index (χ0n) is 15.0. The van der Waals surface area contributed by atoms with Crippen LogP contribution in [0.15, 0.2) is 54.6 Å². The Morgan fingerprint density at radius 1 is 1.00 bits per heavy atom. The molecule has 1 aliphatic rings. The fourth-order valence-corrected chi connectivity index (χ4v) is 3.98. The number of nitrogens with zero attached hydrogens (tertiary/aromatic N) is 5. The molecule has 3 aromatic heterocycles. The van der Waals surface area contributed by atoms with E-state index >= 15 is 0 Å². The molecule has 9 heteroatoms. The summed E-state index contributed by atoms with van der Waals surface area (Å²) in [4.78, 5) is 5.40. The third-order valence-corrected chi connectivity index (χ3v) is 5.51. The summed E-state index contributed by atoms with van der Waals surface area (Å²) in [7, 11) is 0. The Morgan fingerprint density at radius 2 is 1.93 bits per heavy atom. The molecule has 0 radical (unpaired) electrons. The van der Waals surface area contributed by atoms with Crippen LogP contribution in [0, 0.1) is 0 Å². The Bertz CT molecular complexity index is 1360. The van der Waals surface area contributed by atoms with Crippen LogP contribution in [0.25, 0.3) is 26.6 Å². The first-order chi connectivity index (χ1) is 14.3. The van der Waals surface area contributed by atoms with E-state index in [-0.39, 0.29) is 13.4 Å². The highest BCUT2D eigenvalue weighted by Crippen LogP contribution is 2.35. The normalized spacial score (nSPS) is 12.7. The van der Waals surface area contributed by atoms with Crippen molar-refractivity contribution < 1.29 is 14.2 Å². The summed E-state index contributed by atoms with van der Waals surface area (Å²) >= 11 is 1.44. The van der Waals surface area contributed by atoms with E-state index < -0.39 is 0 Å². The van der Waals surface area contributed by atoms with Crippen molar-refractivity contribution in [1.82, 2.24) is 24.8 Å². The molecule has 5 aromatic rings. The monoisotopic (exact) mass is 403 g/mol. The predicted octanol–water partition coefficient (Wildman–Crippen LogP) is 3.71. The van der Waals surface area contributed by atoms with Crippen molar-refractivity contribution in [3.05, 3.63) is 60.4 Å². The molecule has 0 bridgehead atoms. The quantitative estimate of drug-likeness (QED) is 0.452. The molecular weight excluding hydrogens is 390 g/mol. The van der Waals surface area contributed by atoms with Gasteiger partial charge in [0.05, 0.1) is 5.52 Å². The Balaban J connectivity index is 1.28. The smallest absolute Gasteiger partial charge is 0.235 e. The first-order valence-corrected chi connectivity index (χ1v) is 9.75. The van der Waals surface area contributed by atoms with Crippen molar-refractivity contribution in [1.29, 1.82) is 0 Å². The van der Waals surface area contributed by atoms with Crippen LogP contribution in [0.3, 0.4) is 0 Å². The number of rotatable bonds is 4. The van der Waals surface area contributed by atoms with Gasteiger partial charge in [0.15, 0.2) is 22.3 Å². The van der Waals surface area contributed by atoms with Gasteiger partial charge in [-0.15, -0.1) is 10.2 Å². The Kier molecular flexibility index (Phi) is 3.60. The summed E-state index contributed by atoms with van der Waals surface area (Å²) in [5, 5.41) is 14.9. The topological polar surface area (TPSA) is 83.7 Å². The van der Waals surface area contributed by atoms with Crippen LogP contribution in [0.5, 0.6) is 17.2 Å². The summed E-state index contributed by atoms with van der Waals surface area (Å²) in [6.45, 7) is 0.461. The molecule has 0 saturated heterocycles. The van der Waals surface area contributed by atoms with Gasteiger partial charge in [-0.25, -0.2) is 4.98 Å². The van der Waals surface area contributed by atoms with Crippen LogP contribution in [0.1, 0.15) is 5.82 Å². The van der Waals surface area contributed by atoms with Crippen LogP contribution in [0.2, 0.25) is 0 Å². The summed E-state index contributed by atoms with van der Waals surface area (Å²) in [5.74, 6) is 2.67. The second kappa shape index (κ2) is 6.42. The lowest BCUT2D eigenvalue weighted by Gasteiger charge is -2.05. The molecule has 2 aromatic carbocycles. The van der Waals surface area contributed by atoms with Gasteiger partial charge >= 0.3 is 0 Å². The molecule has 0 fully saturated rings. The molecule has 4 heterocycles. The molecule has 0 atom stereocenters. The van der Waals surface area contributed by atoms with Crippen molar-refractivity contribution in [2.75, 3.05) is 6.79 Å². The van der Waals surface area contributed by atoms with Gasteiger partial charge in [0, 0.05) is 11.5 Å². The maximum absolute atomic E-state index is 5.85. The molecule has 8 nitrogen and oxygen atoms in total. The van der Waals surface area contributed by atoms with Crippen molar-refractivity contribution in [2.45, 2.75) is 6.61 Å². The minimum absolute atomic E-state index is 0.230. The maximum Gasteiger partial charge on any atom is 0.235 e. The van der Waals surface area contributed by atoms with E-state index in [9.17, 15) is 0 Å². The predicted molar refractivity (Wildman–Crippen MR) is 106 cm³/mol. The lowest BCUT2D eigenvalue weighted by molar-refractivity contribution is 0.173. The molecule has 0 aliphatic carbocycles. The second-order valence-electron chi connectivity index (χ2n) is 6.41. The fraction of sp³-hybridized carbons (Fsp3) is 0.100. The average molecular weight is 403 g/mol. The van der Waals surface area contributed by atoms with E-state index in [1.54, 1.807) is 10.6 Å². The Labute approximate surface area is 168 Å². The second-order valence-corrected chi connectivity index (χ2v) is 7.37. The van der Waals surface area contributed by atoms with E-state index in [4.69, 9.17) is 19.2 Å². The minimum Gasteiger partial charge on any atom is -0.485 e. The van der Waals surface area contributed by atoms with Gasteiger partial charge in [-0.2, -0.15) is 9.61 Å². The van der Waals surface area contributed by atoms with Crippen LogP contribution < -0.4 is 14.2 Å². The highest BCUT2D eigenvalue weighted by molar-refractivity contribution is 7.19. The number of para-hydroxylation sites is 1. The van der Waals surface area contributed by atoms with Gasteiger partial charge in [-0.1, -0.05) is 35.6 Å². The molecule has 0 unspecified atom stereocenters. The molecule has 1 aliphatic heterocycles.